The predicted molar refractivity (Wildman–Crippen MR) is 77.6 cm³/mol. The van der Waals surface area contributed by atoms with Crippen LogP contribution in [0.4, 0.5) is 0 Å². The number of nitrogens with two attached hydrogens (primary N) is 1. The monoisotopic (exact) mass is 264 g/mol. The van der Waals surface area contributed by atoms with E-state index in [4.69, 9.17) is 10.5 Å². The molecule has 0 spiro atoms. The summed E-state index contributed by atoms with van der Waals surface area (Å²) in [6.45, 7) is 9.95. The first-order chi connectivity index (χ1) is 9.12. The second-order valence-corrected chi connectivity index (χ2v) is 4.42. The molecular formula is C15H24N2O2. The van der Waals surface area contributed by atoms with Crippen molar-refractivity contribution in [2.45, 2.75) is 27.2 Å². The highest BCUT2D eigenvalue weighted by molar-refractivity contribution is 5.93. The Hall–Kier alpha value is -1.55. The Morgan fingerprint density at radius 3 is 2.47 bits per heavy atom. The van der Waals surface area contributed by atoms with Crippen LogP contribution < -0.4 is 10.5 Å². The molecule has 106 valence electrons. The van der Waals surface area contributed by atoms with Crippen molar-refractivity contribution in [1.82, 2.24) is 4.90 Å². The third-order valence-corrected chi connectivity index (χ3v) is 3.29. The van der Waals surface area contributed by atoms with Gasteiger partial charge in [0.05, 0.1) is 0 Å². The standard InChI is InChI=1S/C15H24N2O2/c1-4-12-11-13(15(16)18)7-8-14(12)19-10-9-17(5-2)6-3/h7-8,11H,4-6,9-10H2,1-3H3,(H2,16,18). The van der Waals surface area contributed by atoms with Crippen LogP contribution in [-0.2, 0) is 6.42 Å². The Labute approximate surface area is 115 Å². The summed E-state index contributed by atoms with van der Waals surface area (Å²) in [7, 11) is 0. The Balaban J connectivity index is 2.65. The fourth-order valence-electron chi connectivity index (χ4n) is 1.97. The van der Waals surface area contributed by atoms with Gasteiger partial charge in [-0.2, -0.15) is 0 Å². The summed E-state index contributed by atoms with van der Waals surface area (Å²) >= 11 is 0. The molecule has 1 amide bonds. The maximum absolute atomic E-state index is 11.1. The van der Waals surface area contributed by atoms with Crippen molar-refractivity contribution in [3.63, 3.8) is 0 Å². The van der Waals surface area contributed by atoms with Crippen molar-refractivity contribution in [3.8, 4) is 5.75 Å². The van der Waals surface area contributed by atoms with Crippen molar-refractivity contribution >= 4 is 5.91 Å². The van der Waals surface area contributed by atoms with Gasteiger partial charge in [0, 0.05) is 12.1 Å². The van der Waals surface area contributed by atoms with E-state index in [1.54, 1.807) is 6.07 Å². The Kier molecular flexibility index (Phi) is 6.36. The molecule has 0 unspecified atom stereocenters. The molecule has 0 atom stereocenters. The van der Waals surface area contributed by atoms with Gasteiger partial charge in [-0.05, 0) is 43.3 Å². The highest BCUT2D eigenvalue weighted by Gasteiger charge is 2.07. The zero-order chi connectivity index (χ0) is 14.3. The number of carbonyl (C=O) groups excluding carboxylic acids is 1. The molecule has 0 aliphatic rings. The van der Waals surface area contributed by atoms with Crippen molar-refractivity contribution in [3.05, 3.63) is 29.3 Å². The lowest BCUT2D eigenvalue weighted by molar-refractivity contribution is 0.1000. The second-order valence-electron chi connectivity index (χ2n) is 4.42. The summed E-state index contributed by atoms with van der Waals surface area (Å²) in [5.74, 6) is 0.448. The summed E-state index contributed by atoms with van der Waals surface area (Å²) < 4.78 is 5.80. The van der Waals surface area contributed by atoms with Gasteiger partial charge in [0.15, 0.2) is 0 Å². The number of ether oxygens (including phenoxy) is 1. The molecule has 4 heteroatoms. The summed E-state index contributed by atoms with van der Waals surface area (Å²) in [5, 5.41) is 0. The van der Waals surface area contributed by atoms with Crippen LogP contribution in [-0.4, -0.2) is 37.0 Å². The van der Waals surface area contributed by atoms with E-state index < -0.39 is 5.91 Å². The van der Waals surface area contributed by atoms with E-state index in [0.29, 0.717) is 12.2 Å². The summed E-state index contributed by atoms with van der Waals surface area (Å²) in [6.07, 6.45) is 0.821. The maximum Gasteiger partial charge on any atom is 0.248 e. The molecule has 1 aromatic rings. The van der Waals surface area contributed by atoms with E-state index in [-0.39, 0.29) is 0 Å². The van der Waals surface area contributed by atoms with Gasteiger partial charge in [-0.15, -0.1) is 0 Å². The van der Waals surface area contributed by atoms with Gasteiger partial charge in [0.1, 0.15) is 12.4 Å². The molecule has 0 heterocycles. The number of hydrogen-bond acceptors (Lipinski definition) is 3. The molecule has 4 nitrogen and oxygen atoms in total. The molecule has 0 bridgehead atoms. The number of primary amides is 1. The number of amides is 1. The molecule has 0 saturated carbocycles. The average Bonchev–Trinajstić information content (AvgIpc) is 2.43. The highest BCUT2D eigenvalue weighted by atomic mass is 16.5. The first-order valence-electron chi connectivity index (χ1n) is 6.90. The molecule has 0 aromatic heterocycles. The smallest absolute Gasteiger partial charge is 0.248 e. The number of aryl methyl sites for hydroxylation is 1. The van der Waals surface area contributed by atoms with E-state index in [2.05, 4.69) is 18.7 Å². The number of carbonyl (C=O) groups is 1. The lowest BCUT2D eigenvalue weighted by atomic mass is 10.1. The SMILES string of the molecule is CCc1cc(C(N)=O)ccc1OCCN(CC)CC. The Morgan fingerprint density at radius 2 is 1.95 bits per heavy atom. The zero-order valence-electron chi connectivity index (χ0n) is 12.1. The molecule has 1 aromatic carbocycles. The summed E-state index contributed by atoms with van der Waals surface area (Å²) in [6, 6.07) is 5.37. The number of likely N-dealkylation sites (N-methyl/N-ethyl adjacent to an activating group) is 1. The zero-order valence-corrected chi connectivity index (χ0v) is 12.1. The minimum atomic E-state index is -0.399. The van der Waals surface area contributed by atoms with Crippen LogP contribution in [0.3, 0.4) is 0 Å². The molecule has 2 N–H and O–H groups in total. The Morgan fingerprint density at radius 1 is 1.26 bits per heavy atom. The van der Waals surface area contributed by atoms with Crippen molar-refractivity contribution in [1.29, 1.82) is 0 Å². The first kappa shape index (κ1) is 15.5. The minimum Gasteiger partial charge on any atom is -0.492 e. The van der Waals surface area contributed by atoms with Crippen LogP contribution >= 0.6 is 0 Å². The van der Waals surface area contributed by atoms with E-state index in [1.807, 2.05) is 19.1 Å². The average molecular weight is 264 g/mol. The fraction of sp³-hybridized carbons (Fsp3) is 0.533. The quantitative estimate of drug-likeness (QED) is 0.782. The van der Waals surface area contributed by atoms with Gasteiger partial charge in [-0.1, -0.05) is 20.8 Å². The Bertz CT molecular complexity index is 415. The molecule has 0 radical (unpaired) electrons. The number of benzene rings is 1. The van der Waals surface area contributed by atoms with Crippen LogP contribution in [0.25, 0.3) is 0 Å². The van der Waals surface area contributed by atoms with Crippen LogP contribution in [0.2, 0.25) is 0 Å². The second kappa shape index (κ2) is 7.79. The van der Waals surface area contributed by atoms with Crippen molar-refractivity contribution < 1.29 is 9.53 Å². The number of hydrogen-bond donors (Lipinski definition) is 1. The third-order valence-electron chi connectivity index (χ3n) is 3.29. The minimum absolute atomic E-state index is 0.399. The highest BCUT2D eigenvalue weighted by Crippen LogP contribution is 2.20. The molecule has 19 heavy (non-hydrogen) atoms. The topological polar surface area (TPSA) is 55.6 Å². The van der Waals surface area contributed by atoms with E-state index >= 15 is 0 Å². The largest absolute Gasteiger partial charge is 0.492 e. The molecule has 0 saturated heterocycles. The third kappa shape index (κ3) is 4.56. The lowest BCUT2D eigenvalue weighted by Crippen LogP contribution is -2.28. The van der Waals surface area contributed by atoms with Crippen LogP contribution in [0.5, 0.6) is 5.75 Å². The summed E-state index contributed by atoms with van der Waals surface area (Å²) in [5.41, 5.74) is 6.84. The van der Waals surface area contributed by atoms with Gasteiger partial charge in [0.2, 0.25) is 5.91 Å². The van der Waals surface area contributed by atoms with Crippen molar-refractivity contribution in [2.75, 3.05) is 26.2 Å². The number of nitrogens with zero attached hydrogens (tertiary/aromatic N) is 1. The van der Waals surface area contributed by atoms with Crippen LogP contribution in [0, 0.1) is 0 Å². The van der Waals surface area contributed by atoms with E-state index in [1.165, 1.54) is 0 Å². The molecule has 0 aliphatic heterocycles. The fourth-order valence-corrected chi connectivity index (χ4v) is 1.97. The van der Waals surface area contributed by atoms with Crippen molar-refractivity contribution in [2.24, 2.45) is 5.73 Å². The lowest BCUT2D eigenvalue weighted by Gasteiger charge is -2.19. The van der Waals surface area contributed by atoms with E-state index in [9.17, 15) is 4.79 Å². The molecule has 0 aliphatic carbocycles. The van der Waals surface area contributed by atoms with Crippen LogP contribution in [0.15, 0.2) is 18.2 Å². The normalized spacial score (nSPS) is 10.7. The molecule has 0 fully saturated rings. The van der Waals surface area contributed by atoms with Gasteiger partial charge in [-0.3, -0.25) is 4.79 Å². The van der Waals surface area contributed by atoms with Gasteiger partial charge in [0.25, 0.3) is 0 Å². The van der Waals surface area contributed by atoms with Crippen LogP contribution in [0.1, 0.15) is 36.7 Å². The van der Waals surface area contributed by atoms with Gasteiger partial charge >= 0.3 is 0 Å². The number of rotatable bonds is 8. The first-order valence-corrected chi connectivity index (χ1v) is 6.90. The predicted octanol–water partition coefficient (Wildman–Crippen LogP) is 2.07. The summed E-state index contributed by atoms with van der Waals surface area (Å²) in [4.78, 5) is 13.4. The maximum atomic E-state index is 11.1. The van der Waals surface area contributed by atoms with E-state index in [0.717, 1.165) is 37.4 Å². The molecular weight excluding hydrogens is 240 g/mol. The molecule has 1 rings (SSSR count). The van der Waals surface area contributed by atoms with Gasteiger partial charge in [-0.25, -0.2) is 0 Å². The van der Waals surface area contributed by atoms with Gasteiger partial charge < -0.3 is 15.4 Å².